The van der Waals surface area contributed by atoms with Crippen LogP contribution in [0.2, 0.25) is 0 Å². The van der Waals surface area contributed by atoms with Gasteiger partial charge in [0.25, 0.3) is 0 Å². The van der Waals surface area contributed by atoms with Gasteiger partial charge >= 0.3 is 0 Å². The lowest BCUT2D eigenvalue weighted by Gasteiger charge is -2.32. The van der Waals surface area contributed by atoms with Gasteiger partial charge in [-0.15, -0.1) is 0 Å². The van der Waals surface area contributed by atoms with E-state index >= 15 is 0 Å². The average molecular weight is 242 g/mol. The Bertz CT molecular complexity index is 608. The van der Waals surface area contributed by atoms with Crippen molar-refractivity contribution < 1.29 is 4.74 Å². The summed E-state index contributed by atoms with van der Waals surface area (Å²) in [7, 11) is 0. The molecule has 3 nitrogen and oxygen atoms in total. The minimum Gasteiger partial charge on any atom is -0.381 e. The van der Waals surface area contributed by atoms with Gasteiger partial charge in [0.15, 0.2) is 0 Å². The summed E-state index contributed by atoms with van der Waals surface area (Å²) in [5.41, 5.74) is 5.53. The zero-order valence-electron chi connectivity index (χ0n) is 10.8. The summed E-state index contributed by atoms with van der Waals surface area (Å²) in [4.78, 5) is 4.94. The SMILES string of the molecule is Cc1cccc2nc3c(n12)CCC31CCOCC1. The second-order valence-electron chi connectivity index (χ2n) is 5.66. The highest BCUT2D eigenvalue weighted by molar-refractivity contribution is 5.49. The van der Waals surface area contributed by atoms with Gasteiger partial charge in [0, 0.05) is 30.0 Å². The number of pyridine rings is 1. The van der Waals surface area contributed by atoms with Crippen molar-refractivity contribution in [2.75, 3.05) is 13.2 Å². The number of aromatic nitrogens is 2. The molecule has 3 heterocycles. The van der Waals surface area contributed by atoms with Gasteiger partial charge in [-0.2, -0.15) is 0 Å². The van der Waals surface area contributed by atoms with Crippen LogP contribution in [0.1, 0.15) is 36.3 Å². The predicted octanol–water partition coefficient (Wildman–Crippen LogP) is 2.64. The lowest BCUT2D eigenvalue weighted by atomic mass is 9.78. The first-order chi connectivity index (χ1) is 8.80. The Morgan fingerprint density at radius 1 is 1.22 bits per heavy atom. The van der Waals surface area contributed by atoms with Crippen LogP contribution in [0.3, 0.4) is 0 Å². The van der Waals surface area contributed by atoms with Crippen molar-refractivity contribution in [3.05, 3.63) is 35.3 Å². The van der Waals surface area contributed by atoms with Crippen molar-refractivity contribution in [1.82, 2.24) is 9.38 Å². The molecule has 0 saturated carbocycles. The smallest absolute Gasteiger partial charge is 0.137 e. The summed E-state index contributed by atoms with van der Waals surface area (Å²) in [6.07, 6.45) is 4.71. The molecule has 0 aromatic carbocycles. The van der Waals surface area contributed by atoms with Crippen molar-refractivity contribution in [3.63, 3.8) is 0 Å². The van der Waals surface area contributed by atoms with E-state index in [0.717, 1.165) is 31.7 Å². The molecule has 18 heavy (non-hydrogen) atoms. The van der Waals surface area contributed by atoms with Crippen LogP contribution in [0.5, 0.6) is 0 Å². The van der Waals surface area contributed by atoms with Crippen molar-refractivity contribution in [1.29, 1.82) is 0 Å². The van der Waals surface area contributed by atoms with E-state index in [1.54, 1.807) is 0 Å². The van der Waals surface area contributed by atoms with Crippen LogP contribution in [0.4, 0.5) is 0 Å². The molecule has 0 radical (unpaired) electrons. The number of imidazole rings is 1. The molecule has 1 spiro atoms. The standard InChI is InChI=1S/C15H18N2O/c1-11-3-2-4-13-16-14-12(17(11)13)5-6-15(14)7-9-18-10-8-15/h2-4H,5-10H2,1H3. The molecular weight excluding hydrogens is 224 g/mol. The largest absolute Gasteiger partial charge is 0.381 e. The van der Waals surface area contributed by atoms with Crippen molar-refractivity contribution in [2.45, 2.75) is 38.0 Å². The fourth-order valence-corrected chi connectivity index (χ4v) is 3.71. The molecule has 4 rings (SSSR count). The highest BCUT2D eigenvalue weighted by Gasteiger charge is 2.43. The van der Waals surface area contributed by atoms with Crippen LogP contribution in [0.25, 0.3) is 5.65 Å². The molecule has 0 unspecified atom stereocenters. The molecule has 2 aliphatic rings. The molecule has 0 amide bonds. The first kappa shape index (κ1) is 10.6. The molecule has 1 fully saturated rings. The second-order valence-corrected chi connectivity index (χ2v) is 5.66. The predicted molar refractivity (Wildman–Crippen MR) is 70.0 cm³/mol. The first-order valence-corrected chi connectivity index (χ1v) is 6.85. The number of hydrogen-bond donors (Lipinski definition) is 0. The Morgan fingerprint density at radius 3 is 2.89 bits per heavy atom. The topological polar surface area (TPSA) is 26.5 Å². The summed E-state index contributed by atoms with van der Waals surface area (Å²) in [6.45, 7) is 3.96. The van der Waals surface area contributed by atoms with E-state index in [1.165, 1.54) is 29.9 Å². The van der Waals surface area contributed by atoms with Crippen LogP contribution in [0.15, 0.2) is 18.2 Å². The van der Waals surface area contributed by atoms with E-state index in [9.17, 15) is 0 Å². The molecule has 2 aromatic heterocycles. The van der Waals surface area contributed by atoms with Gasteiger partial charge in [-0.05, 0) is 44.7 Å². The molecule has 2 aromatic rings. The summed E-state index contributed by atoms with van der Waals surface area (Å²) in [5, 5.41) is 0. The lowest BCUT2D eigenvalue weighted by molar-refractivity contribution is 0.0494. The summed E-state index contributed by atoms with van der Waals surface area (Å²) in [5.74, 6) is 0. The molecule has 1 aliphatic carbocycles. The highest BCUT2D eigenvalue weighted by Crippen LogP contribution is 2.45. The molecule has 94 valence electrons. The van der Waals surface area contributed by atoms with Gasteiger partial charge in [-0.25, -0.2) is 4.98 Å². The maximum Gasteiger partial charge on any atom is 0.137 e. The maximum atomic E-state index is 5.53. The van der Waals surface area contributed by atoms with Gasteiger partial charge < -0.3 is 9.14 Å². The average Bonchev–Trinajstić information content (AvgIpc) is 2.91. The van der Waals surface area contributed by atoms with E-state index < -0.39 is 0 Å². The van der Waals surface area contributed by atoms with E-state index in [0.29, 0.717) is 5.41 Å². The minimum absolute atomic E-state index is 0.312. The number of nitrogens with zero attached hydrogens (tertiary/aromatic N) is 2. The number of aryl methyl sites for hydroxylation is 2. The Morgan fingerprint density at radius 2 is 2.06 bits per heavy atom. The fraction of sp³-hybridized carbons (Fsp3) is 0.533. The number of fused-ring (bicyclic) bond motifs is 4. The lowest BCUT2D eigenvalue weighted by Crippen LogP contribution is -2.31. The van der Waals surface area contributed by atoms with Crippen molar-refractivity contribution in [2.24, 2.45) is 0 Å². The first-order valence-electron chi connectivity index (χ1n) is 6.85. The second kappa shape index (κ2) is 3.58. The Labute approximate surface area is 107 Å². The minimum atomic E-state index is 0.312. The maximum absolute atomic E-state index is 5.53. The molecule has 0 bridgehead atoms. The quantitative estimate of drug-likeness (QED) is 0.710. The number of rotatable bonds is 0. The molecule has 0 N–H and O–H groups in total. The monoisotopic (exact) mass is 242 g/mol. The number of hydrogen-bond acceptors (Lipinski definition) is 2. The Kier molecular flexibility index (Phi) is 2.10. The molecule has 1 aliphatic heterocycles. The third-order valence-corrected chi connectivity index (χ3v) is 4.73. The highest BCUT2D eigenvalue weighted by atomic mass is 16.5. The van der Waals surface area contributed by atoms with Gasteiger partial charge in [-0.3, -0.25) is 0 Å². The third kappa shape index (κ3) is 1.25. The van der Waals surface area contributed by atoms with Crippen LogP contribution in [0, 0.1) is 6.92 Å². The van der Waals surface area contributed by atoms with E-state index in [-0.39, 0.29) is 0 Å². The van der Waals surface area contributed by atoms with Crippen LogP contribution in [-0.2, 0) is 16.6 Å². The normalized spacial score (nSPS) is 21.6. The fourth-order valence-electron chi connectivity index (χ4n) is 3.71. The zero-order chi connectivity index (χ0) is 12.2. The third-order valence-electron chi connectivity index (χ3n) is 4.73. The van der Waals surface area contributed by atoms with Crippen molar-refractivity contribution >= 4 is 5.65 Å². The van der Waals surface area contributed by atoms with Gasteiger partial charge in [0.05, 0.1) is 5.69 Å². The molecule has 0 atom stereocenters. The Hall–Kier alpha value is -1.35. The van der Waals surface area contributed by atoms with Gasteiger partial charge in [-0.1, -0.05) is 6.07 Å². The van der Waals surface area contributed by atoms with Crippen LogP contribution in [-0.4, -0.2) is 22.6 Å². The Balaban J connectivity index is 1.95. The van der Waals surface area contributed by atoms with E-state index in [4.69, 9.17) is 9.72 Å². The van der Waals surface area contributed by atoms with Crippen LogP contribution >= 0.6 is 0 Å². The van der Waals surface area contributed by atoms with Gasteiger partial charge in [0.2, 0.25) is 0 Å². The van der Waals surface area contributed by atoms with Crippen LogP contribution < -0.4 is 0 Å². The number of ether oxygens (including phenoxy) is 1. The van der Waals surface area contributed by atoms with E-state index in [1.807, 2.05) is 0 Å². The molecule has 3 heteroatoms. The van der Waals surface area contributed by atoms with E-state index in [2.05, 4.69) is 29.5 Å². The summed E-state index contributed by atoms with van der Waals surface area (Å²) >= 11 is 0. The summed E-state index contributed by atoms with van der Waals surface area (Å²) in [6, 6.07) is 6.39. The zero-order valence-corrected chi connectivity index (χ0v) is 10.8. The molecular formula is C15H18N2O. The van der Waals surface area contributed by atoms with Crippen molar-refractivity contribution in [3.8, 4) is 0 Å². The summed E-state index contributed by atoms with van der Waals surface area (Å²) < 4.78 is 7.88. The van der Waals surface area contributed by atoms with Gasteiger partial charge in [0.1, 0.15) is 5.65 Å². The molecule has 1 saturated heterocycles.